The molecular weight excluding hydrogens is 397 g/mol. The fourth-order valence-corrected chi connectivity index (χ4v) is 4.59. The summed E-state index contributed by atoms with van der Waals surface area (Å²) in [5, 5.41) is 19.4. The summed E-state index contributed by atoms with van der Waals surface area (Å²) in [7, 11) is 1.76. The number of pyridine rings is 1. The van der Waals surface area contributed by atoms with Gasteiger partial charge in [0, 0.05) is 50.0 Å². The number of anilines is 2. The molecule has 0 aliphatic heterocycles. The molecule has 0 saturated heterocycles. The lowest BCUT2D eigenvalue weighted by atomic mass is 9.47. The van der Waals surface area contributed by atoms with Crippen molar-refractivity contribution < 1.29 is 9.18 Å². The minimum Gasteiger partial charge on any atom is -0.371 e. The Hall–Kier alpha value is -3.54. The Morgan fingerprint density at radius 2 is 2.03 bits per heavy atom. The van der Waals surface area contributed by atoms with Crippen molar-refractivity contribution in [3.05, 3.63) is 35.8 Å². The number of halogens is 1. The quantitative estimate of drug-likeness (QED) is 0.634. The van der Waals surface area contributed by atoms with Crippen LogP contribution in [0.25, 0.3) is 10.9 Å². The van der Waals surface area contributed by atoms with Gasteiger partial charge in [0.05, 0.1) is 22.9 Å². The van der Waals surface area contributed by atoms with Crippen LogP contribution in [0.15, 0.2) is 24.7 Å². The van der Waals surface area contributed by atoms with Crippen LogP contribution in [0.1, 0.15) is 43.2 Å². The van der Waals surface area contributed by atoms with Crippen molar-refractivity contribution in [2.75, 3.05) is 17.7 Å². The van der Waals surface area contributed by atoms with E-state index in [1.165, 1.54) is 0 Å². The van der Waals surface area contributed by atoms with Crippen LogP contribution < -0.4 is 10.6 Å². The number of carbonyl (C=O) groups excluding carboxylic acids is 1. The summed E-state index contributed by atoms with van der Waals surface area (Å²) in [5.41, 5.74) is 0.892. The molecule has 7 rings (SSSR count). The van der Waals surface area contributed by atoms with Gasteiger partial charge in [0.1, 0.15) is 11.2 Å². The molecular formula is C22H20FN7O. The van der Waals surface area contributed by atoms with Gasteiger partial charge in [0.2, 0.25) is 5.91 Å². The first-order valence-electron chi connectivity index (χ1n) is 10.4. The minimum atomic E-state index is -0.967. The second-order valence-corrected chi connectivity index (χ2v) is 8.86. The van der Waals surface area contributed by atoms with Crippen molar-refractivity contribution in [1.29, 1.82) is 0 Å². The molecule has 9 heteroatoms. The summed E-state index contributed by atoms with van der Waals surface area (Å²) >= 11 is 0. The molecule has 3 aromatic heterocycles. The molecule has 8 nitrogen and oxygen atoms in total. The number of carbonyl (C=O) groups is 1. The van der Waals surface area contributed by atoms with Gasteiger partial charge in [-0.05, 0) is 18.9 Å². The van der Waals surface area contributed by atoms with Gasteiger partial charge in [0.15, 0.2) is 11.6 Å². The molecule has 0 aromatic carbocycles. The zero-order valence-electron chi connectivity index (χ0n) is 16.9. The number of alkyl halides is 1. The molecule has 3 heterocycles. The predicted octanol–water partition coefficient (Wildman–Crippen LogP) is 2.61. The van der Waals surface area contributed by atoms with E-state index in [4.69, 9.17) is 0 Å². The molecule has 4 fully saturated rings. The van der Waals surface area contributed by atoms with Crippen molar-refractivity contribution in [2.24, 2.45) is 5.92 Å². The molecule has 2 bridgehead atoms. The normalized spacial score (nSPS) is 25.7. The highest BCUT2D eigenvalue weighted by atomic mass is 19.1. The summed E-state index contributed by atoms with van der Waals surface area (Å²) in [5.74, 6) is 7.30. The monoisotopic (exact) mass is 417 g/mol. The standard InChI is InChI=1S/C22H20FN7O/c1-24-19-18-16(6-17(28-29-18)27-20(31)14-4-5-14)15(8-25-19)3-2-13-7-26-30(9-13)22-10-21(23,11-22)12-22/h6-9,14H,4-5,10-12H2,1H3,(H,24,25)(H,27,28,31). The summed E-state index contributed by atoms with van der Waals surface area (Å²) in [6.45, 7) is 0. The number of aromatic nitrogens is 5. The third-order valence-corrected chi connectivity index (χ3v) is 6.42. The second kappa shape index (κ2) is 6.23. The Balaban J connectivity index is 1.32. The van der Waals surface area contributed by atoms with E-state index in [-0.39, 0.29) is 17.4 Å². The lowest BCUT2D eigenvalue weighted by Gasteiger charge is -2.65. The van der Waals surface area contributed by atoms with Gasteiger partial charge >= 0.3 is 0 Å². The fourth-order valence-electron chi connectivity index (χ4n) is 4.59. The second-order valence-electron chi connectivity index (χ2n) is 8.86. The lowest BCUT2D eigenvalue weighted by molar-refractivity contribution is -0.203. The number of rotatable bonds is 4. The highest BCUT2D eigenvalue weighted by Gasteiger charge is 2.70. The van der Waals surface area contributed by atoms with Gasteiger partial charge in [0.25, 0.3) is 0 Å². The average Bonchev–Trinajstić information content (AvgIpc) is 3.47. The van der Waals surface area contributed by atoms with Crippen LogP contribution in [-0.4, -0.2) is 43.6 Å². The zero-order chi connectivity index (χ0) is 21.2. The zero-order valence-corrected chi connectivity index (χ0v) is 16.9. The molecule has 1 amide bonds. The highest BCUT2D eigenvalue weighted by Crippen LogP contribution is 2.67. The van der Waals surface area contributed by atoms with E-state index in [1.807, 2.05) is 10.9 Å². The number of fused-ring (bicyclic) bond motifs is 1. The molecule has 156 valence electrons. The Bertz CT molecular complexity index is 1280. The first kappa shape index (κ1) is 18.2. The summed E-state index contributed by atoms with van der Waals surface area (Å²) in [4.78, 5) is 16.5. The number of amides is 1. The van der Waals surface area contributed by atoms with E-state index in [1.54, 1.807) is 25.5 Å². The van der Waals surface area contributed by atoms with Crippen LogP contribution in [0.5, 0.6) is 0 Å². The Morgan fingerprint density at radius 1 is 1.23 bits per heavy atom. The third-order valence-electron chi connectivity index (χ3n) is 6.42. The molecule has 4 saturated carbocycles. The van der Waals surface area contributed by atoms with Crippen LogP contribution in [0.2, 0.25) is 0 Å². The van der Waals surface area contributed by atoms with E-state index in [0.717, 1.165) is 23.8 Å². The highest BCUT2D eigenvalue weighted by molar-refractivity contribution is 5.97. The van der Waals surface area contributed by atoms with E-state index in [0.29, 0.717) is 42.0 Å². The number of nitrogens with zero attached hydrogens (tertiary/aromatic N) is 5. The van der Waals surface area contributed by atoms with Gasteiger partial charge in [-0.2, -0.15) is 5.10 Å². The maximum absolute atomic E-state index is 13.8. The van der Waals surface area contributed by atoms with Gasteiger partial charge in [-0.25, -0.2) is 9.37 Å². The average molecular weight is 417 g/mol. The Labute approximate surface area is 177 Å². The van der Waals surface area contributed by atoms with Crippen LogP contribution in [0.4, 0.5) is 16.0 Å². The van der Waals surface area contributed by atoms with Crippen LogP contribution in [0, 0.1) is 17.8 Å². The summed E-state index contributed by atoms with van der Waals surface area (Å²) in [6.07, 6.45) is 8.72. The maximum atomic E-state index is 13.8. The number of hydrogen-bond acceptors (Lipinski definition) is 6. The molecule has 31 heavy (non-hydrogen) atoms. The molecule has 0 atom stereocenters. The van der Waals surface area contributed by atoms with E-state index in [2.05, 4.69) is 42.8 Å². The third kappa shape index (κ3) is 2.93. The molecule has 2 N–H and O–H groups in total. The largest absolute Gasteiger partial charge is 0.371 e. The van der Waals surface area contributed by atoms with Crippen molar-refractivity contribution in [2.45, 2.75) is 43.3 Å². The van der Waals surface area contributed by atoms with E-state index < -0.39 is 5.67 Å². The molecule has 0 unspecified atom stereocenters. The Kier molecular flexibility index (Phi) is 3.67. The fraction of sp³-hybridized carbons (Fsp3) is 0.409. The maximum Gasteiger partial charge on any atom is 0.228 e. The molecule has 4 aliphatic rings. The summed E-state index contributed by atoms with van der Waals surface area (Å²) < 4.78 is 15.7. The van der Waals surface area contributed by atoms with Crippen LogP contribution in [-0.2, 0) is 10.3 Å². The van der Waals surface area contributed by atoms with Gasteiger partial charge < -0.3 is 10.6 Å². The van der Waals surface area contributed by atoms with E-state index >= 15 is 0 Å². The molecule has 0 radical (unpaired) electrons. The first-order chi connectivity index (χ1) is 15.0. The number of hydrogen-bond donors (Lipinski definition) is 2. The minimum absolute atomic E-state index is 0.0275. The van der Waals surface area contributed by atoms with Crippen molar-refractivity contribution >= 4 is 28.4 Å². The Morgan fingerprint density at radius 3 is 2.74 bits per heavy atom. The SMILES string of the molecule is CNc1ncc(C#Cc2cnn(C34CC(F)(C3)C4)c2)c2cc(NC(=O)C3CC3)nnc12. The topological polar surface area (TPSA) is 97.6 Å². The van der Waals surface area contributed by atoms with Gasteiger partial charge in [-0.1, -0.05) is 11.8 Å². The molecule has 4 aliphatic carbocycles. The van der Waals surface area contributed by atoms with Gasteiger partial charge in [-0.15, -0.1) is 10.2 Å². The van der Waals surface area contributed by atoms with Crippen LogP contribution in [0.3, 0.4) is 0 Å². The molecule has 0 spiro atoms. The van der Waals surface area contributed by atoms with Crippen molar-refractivity contribution in [1.82, 2.24) is 25.0 Å². The van der Waals surface area contributed by atoms with Crippen molar-refractivity contribution in [3.8, 4) is 11.8 Å². The van der Waals surface area contributed by atoms with E-state index in [9.17, 15) is 9.18 Å². The van der Waals surface area contributed by atoms with Crippen LogP contribution >= 0.6 is 0 Å². The first-order valence-corrected chi connectivity index (χ1v) is 10.4. The lowest BCUT2D eigenvalue weighted by Crippen LogP contribution is -2.70. The smallest absolute Gasteiger partial charge is 0.228 e. The van der Waals surface area contributed by atoms with Gasteiger partial charge in [-0.3, -0.25) is 9.48 Å². The van der Waals surface area contributed by atoms with Crippen molar-refractivity contribution in [3.63, 3.8) is 0 Å². The number of nitrogens with one attached hydrogen (secondary N) is 2. The predicted molar refractivity (Wildman–Crippen MR) is 112 cm³/mol. The summed E-state index contributed by atoms with van der Waals surface area (Å²) in [6, 6.07) is 1.78. The molecule has 3 aromatic rings.